The summed E-state index contributed by atoms with van der Waals surface area (Å²) in [5.41, 5.74) is 11.8. The van der Waals surface area contributed by atoms with E-state index in [2.05, 4.69) is 0 Å². The Labute approximate surface area is 226 Å². The number of aromatic nitrogens is 1. The average molecular weight is 534 g/mol. The molecule has 1 aromatic heterocycles. The van der Waals surface area contributed by atoms with Crippen LogP contribution in [0.5, 0.6) is 0 Å². The number of rotatable bonds is 8. The first-order valence-electron chi connectivity index (χ1n) is 12.8. The minimum absolute atomic E-state index is 0.0495. The average Bonchev–Trinajstić information content (AvgIpc) is 3.03. The number of carbonyl (C=O) groups excluding carboxylic acids is 1. The number of fused-ring (bicyclic) bond motifs is 3. The Kier molecular flexibility index (Phi) is 8.42. The summed E-state index contributed by atoms with van der Waals surface area (Å²) in [5, 5.41) is 29.5. The molecule has 2 heterocycles. The number of carboxylic acid groups (broad SMARTS) is 1. The number of halogens is 1. The molecule has 3 aromatic rings. The van der Waals surface area contributed by atoms with E-state index < -0.39 is 36.4 Å². The van der Waals surface area contributed by atoms with Crippen molar-refractivity contribution in [2.75, 3.05) is 0 Å². The normalized spacial score (nSPS) is 14.6. The van der Waals surface area contributed by atoms with Gasteiger partial charge in [-0.15, -0.1) is 0 Å². The Morgan fingerprint density at radius 3 is 2.44 bits per heavy atom. The van der Waals surface area contributed by atoms with E-state index in [1.165, 1.54) is 23.1 Å². The third-order valence-electron chi connectivity index (χ3n) is 6.75. The lowest BCUT2D eigenvalue weighted by Gasteiger charge is -2.24. The Morgan fingerprint density at radius 2 is 1.79 bits per heavy atom. The number of aliphatic carboxylic acids is 1. The maximum absolute atomic E-state index is 14.0. The van der Waals surface area contributed by atoms with Gasteiger partial charge in [0.25, 0.3) is 0 Å². The van der Waals surface area contributed by atoms with E-state index in [1.807, 2.05) is 38.1 Å². The number of benzene rings is 2. The van der Waals surface area contributed by atoms with Gasteiger partial charge >= 0.3 is 12.0 Å². The second-order valence-electron chi connectivity index (χ2n) is 10.0. The Bertz CT molecular complexity index is 1400. The quantitative estimate of drug-likeness (QED) is 0.332. The van der Waals surface area contributed by atoms with Crippen molar-refractivity contribution in [1.82, 2.24) is 9.88 Å². The van der Waals surface area contributed by atoms with Crippen LogP contribution in [0.1, 0.15) is 55.0 Å². The fourth-order valence-electron chi connectivity index (χ4n) is 4.94. The number of hydrogen-bond acceptors (Lipinski definition) is 5. The molecule has 1 aliphatic rings. The smallest absolute Gasteiger partial charge is 0.315 e. The molecule has 0 unspecified atom stereocenters. The van der Waals surface area contributed by atoms with E-state index in [0.29, 0.717) is 23.4 Å². The molecule has 0 fully saturated rings. The lowest BCUT2D eigenvalue weighted by Crippen LogP contribution is -2.34. The molecule has 8 nitrogen and oxygen atoms in total. The van der Waals surface area contributed by atoms with Crippen LogP contribution >= 0.6 is 0 Å². The number of urea groups is 1. The number of aliphatic hydroxyl groups is 2. The molecule has 9 heteroatoms. The third kappa shape index (κ3) is 6.32. The highest BCUT2D eigenvalue weighted by atomic mass is 19.1. The van der Waals surface area contributed by atoms with Gasteiger partial charge in [0.05, 0.1) is 36.6 Å². The van der Waals surface area contributed by atoms with Crippen LogP contribution in [0.4, 0.5) is 9.18 Å². The SMILES string of the molecule is CC(C)c1nc2c(c(-c3ccc(F)cc3)c1/C=C/[C@@H](O)C[C@@H](O)CC(=O)O)CN(C(N)=O)Cc1ccccc1-2. The van der Waals surface area contributed by atoms with Gasteiger partial charge < -0.3 is 26.0 Å². The Morgan fingerprint density at radius 1 is 1.10 bits per heavy atom. The van der Waals surface area contributed by atoms with E-state index in [1.54, 1.807) is 18.2 Å². The largest absolute Gasteiger partial charge is 0.481 e. The summed E-state index contributed by atoms with van der Waals surface area (Å²) in [6.07, 6.45) is 0.212. The number of primary amides is 1. The highest BCUT2D eigenvalue weighted by molar-refractivity contribution is 5.87. The number of nitrogens with two attached hydrogens (primary N) is 1. The molecule has 0 radical (unpaired) electrons. The summed E-state index contributed by atoms with van der Waals surface area (Å²) in [6, 6.07) is 13.1. The van der Waals surface area contributed by atoms with Crippen LogP contribution < -0.4 is 5.73 Å². The van der Waals surface area contributed by atoms with Crippen molar-refractivity contribution in [1.29, 1.82) is 0 Å². The van der Waals surface area contributed by atoms with Crippen LogP contribution in [-0.4, -0.2) is 49.4 Å². The van der Waals surface area contributed by atoms with Crippen LogP contribution in [0.15, 0.2) is 54.6 Å². The van der Waals surface area contributed by atoms with E-state index >= 15 is 0 Å². The van der Waals surface area contributed by atoms with Gasteiger partial charge in [-0.25, -0.2) is 9.18 Å². The van der Waals surface area contributed by atoms with E-state index in [4.69, 9.17) is 15.8 Å². The predicted molar refractivity (Wildman–Crippen MR) is 146 cm³/mol. The Balaban J connectivity index is 1.96. The number of aliphatic hydroxyl groups excluding tert-OH is 2. The molecule has 0 bridgehead atoms. The molecule has 39 heavy (non-hydrogen) atoms. The van der Waals surface area contributed by atoms with Gasteiger partial charge in [-0.05, 0) is 34.7 Å². The molecule has 4 rings (SSSR count). The van der Waals surface area contributed by atoms with Gasteiger partial charge in [-0.1, -0.05) is 62.4 Å². The van der Waals surface area contributed by atoms with Gasteiger partial charge in [0.1, 0.15) is 5.82 Å². The van der Waals surface area contributed by atoms with Crippen LogP contribution in [0.2, 0.25) is 0 Å². The second-order valence-corrected chi connectivity index (χ2v) is 10.0. The number of carbonyl (C=O) groups is 2. The molecule has 2 atom stereocenters. The maximum atomic E-state index is 14.0. The van der Waals surface area contributed by atoms with Gasteiger partial charge in [-0.2, -0.15) is 0 Å². The summed E-state index contributed by atoms with van der Waals surface area (Å²) >= 11 is 0. The first-order valence-corrected chi connectivity index (χ1v) is 12.8. The topological polar surface area (TPSA) is 137 Å². The Hall–Kier alpha value is -4.08. The number of hydrogen-bond donors (Lipinski definition) is 4. The van der Waals surface area contributed by atoms with E-state index in [0.717, 1.165) is 27.9 Å². The van der Waals surface area contributed by atoms with Gasteiger partial charge in [0.15, 0.2) is 0 Å². The lowest BCUT2D eigenvalue weighted by atomic mass is 9.87. The lowest BCUT2D eigenvalue weighted by molar-refractivity contribution is -0.139. The molecular formula is C30H32FN3O5. The van der Waals surface area contributed by atoms with Crippen LogP contribution in [0.3, 0.4) is 0 Å². The molecular weight excluding hydrogens is 501 g/mol. The summed E-state index contributed by atoms with van der Waals surface area (Å²) < 4.78 is 14.0. The molecule has 0 aliphatic carbocycles. The summed E-state index contributed by atoms with van der Waals surface area (Å²) in [6.45, 7) is 4.45. The second kappa shape index (κ2) is 11.8. The number of amides is 2. The van der Waals surface area contributed by atoms with Crippen molar-refractivity contribution >= 4 is 18.1 Å². The minimum atomic E-state index is -1.21. The van der Waals surface area contributed by atoms with Crippen molar-refractivity contribution in [2.24, 2.45) is 5.73 Å². The van der Waals surface area contributed by atoms with Crippen molar-refractivity contribution in [3.8, 4) is 22.4 Å². The molecule has 0 saturated carbocycles. The van der Waals surface area contributed by atoms with Crippen molar-refractivity contribution < 1.29 is 29.3 Å². The number of carboxylic acids is 1. The fourth-order valence-corrected chi connectivity index (χ4v) is 4.94. The van der Waals surface area contributed by atoms with Gasteiger partial charge in [0, 0.05) is 29.7 Å². The van der Waals surface area contributed by atoms with E-state index in [-0.39, 0.29) is 18.9 Å². The first-order chi connectivity index (χ1) is 18.5. The molecule has 5 N–H and O–H groups in total. The molecule has 204 valence electrons. The van der Waals surface area contributed by atoms with Crippen LogP contribution in [0.25, 0.3) is 28.5 Å². The third-order valence-corrected chi connectivity index (χ3v) is 6.75. The van der Waals surface area contributed by atoms with E-state index in [9.17, 15) is 24.2 Å². The molecule has 0 spiro atoms. The first kappa shape index (κ1) is 27.9. The van der Waals surface area contributed by atoms with Crippen LogP contribution in [-0.2, 0) is 17.9 Å². The number of pyridine rings is 1. The summed E-state index contributed by atoms with van der Waals surface area (Å²) in [7, 11) is 0. The van der Waals surface area contributed by atoms with Crippen LogP contribution in [0, 0.1) is 5.82 Å². The molecule has 1 aliphatic heterocycles. The molecule has 0 saturated heterocycles. The summed E-state index contributed by atoms with van der Waals surface area (Å²) in [4.78, 5) is 30.0. The zero-order valence-electron chi connectivity index (χ0n) is 21.8. The van der Waals surface area contributed by atoms with Crippen molar-refractivity contribution in [3.63, 3.8) is 0 Å². The zero-order chi connectivity index (χ0) is 28.3. The van der Waals surface area contributed by atoms with Crippen molar-refractivity contribution in [3.05, 3.63) is 82.8 Å². The maximum Gasteiger partial charge on any atom is 0.315 e. The monoisotopic (exact) mass is 533 g/mol. The highest BCUT2D eigenvalue weighted by Crippen LogP contribution is 2.42. The fraction of sp³-hybridized carbons (Fsp3) is 0.300. The minimum Gasteiger partial charge on any atom is -0.481 e. The predicted octanol–water partition coefficient (Wildman–Crippen LogP) is 4.67. The summed E-state index contributed by atoms with van der Waals surface area (Å²) in [5.74, 6) is -1.60. The zero-order valence-corrected chi connectivity index (χ0v) is 21.8. The standard InChI is InChI=1S/C30H32FN3O5/c1-17(2)28-24(12-11-21(35)13-22(36)14-26(37)38)27(18-7-9-20(31)10-8-18)25-16-34(30(32)39)15-19-5-3-4-6-23(19)29(25)33-28/h3-12,17,21-22,35-36H,13-16H2,1-2H3,(H2,32,39)(H,37,38)/b12-11+/t21-,22-/m1/s1. The molecule has 2 aromatic carbocycles. The van der Waals surface area contributed by atoms with Crippen molar-refractivity contribution in [2.45, 2.75) is 57.9 Å². The molecule has 2 amide bonds. The van der Waals surface area contributed by atoms with Gasteiger partial charge in [-0.3, -0.25) is 9.78 Å². The van der Waals surface area contributed by atoms with Gasteiger partial charge in [0.2, 0.25) is 0 Å². The highest BCUT2D eigenvalue weighted by Gasteiger charge is 2.28. The number of nitrogens with zero attached hydrogens (tertiary/aromatic N) is 2.